The number of hydrogen-bond acceptors (Lipinski definition) is 2. The Morgan fingerprint density at radius 3 is 2.00 bits per heavy atom. The molecule has 2 aromatic rings. The van der Waals surface area contributed by atoms with Crippen molar-refractivity contribution in [2.75, 3.05) is 19.6 Å². The lowest BCUT2D eigenvalue weighted by Crippen LogP contribution is -2.42. The molecule has 5 rings (SSSR count). The van der Waals surface area contributed by atoms with Crippen LogP contribution in [0.4, 0.5) is 0 Å². The van der Waals surface area contributed by atoms with E-state index in [2.05, 4.69) is 58.7 Å². The van der Waals surface area contributed by atoms with Crippen molar-refractivity contribution in [1.29, 1.82) is 0 Å². The van der Waals surface area contributed by atoms with Crippen molar-refractivity contribution in [1.82, 2.24) is 10.2 Å². The Kier molecular flexibility index (Phi) is 3.68. The van der Waals surface area contributed by atoms with Crippen LogP contribution in [-0.4, -0.2) is 30.6 Å². The molecule has 1 N–H and O–H groups in total. The molecule has 0 aromatic heterocycles. The van der Waals surface area contributed by atoms with Gasteiger partial charge in [-0.15, -0.1) is 0 Å². The van der Waals surface area contributed by atoms with Gasteiger partial charge >= 0.3 is 0 Å². The van der Waals surface area contributed by atoms with Crippen molar-refractivity contribution in [2.24, 2.45) is 5.92 Å². The highest BCUT2D eigenvalue weighted by Gasteiger charge is 2.36. The van der Waals surface area contributed by atoms with Crippen LogP contribution in [0, 0.1) is 5.92 Å². The lowest BCUT2D eigenvalue weighted by molar-refractivity contribution is 0.137. The van der Waals surface area contributed by atoms with E-state index >= 15 is 0 Å². The van der Waals surface area contributed by atoms with Gasteiger partial charge in [0.15, 0.2) is 0 Å². The van der Waals surface area contributed by atoms with Crippen LogP contribution in [-0.2, 0) is 0 Å². The van der Waals surface area contributed by atoms with Crippen molar-refractivity contribution < 1.29 is 0 Å². The molecule has 2 fully saturated rings. The van der Waals surface area contributed by atoms with Gasteiger partial charge in [0.2, 0.25) is 0 Å². The van der Waals surface area contributed by atoms with E-state index in [1.807, 2.05) is 0 Å². The molecular formula is C22H26N2. The molecule has 2 aliphatic heterocycles. The molecule has 3 aliphatic rings. The molecule has 0 spiro atoms. The van der Waals surface area contributed by atoms with Crippen LogP contribution in [0.5, 0.6) is 0 Å². The molecule has 2 heteroatoms. The minimum absolute atomic E-state index is 0.467. The number of rotatable bonds is 2. The topological polar surface area (TPSA) is 15.3 Å². The summed E-state index contributed by atoms with van der Waals surface area (Å²) in [5.41, 5.74) is 5.91. The average Bonchev–Trinajstić information content (AvgIpc) is 3.28. The fourth-order valence-electron chi connectivity index (χ4n) is 5.22. The Morgan fingerprint density at radius 1 is 0.792 bits per heavy atom. The van der Waals surface area contributed by atoms with Crippen LogP contribution in [0.2, 0.25) is 0 Å². The van der Waals surface area contributed by atoms with E-state index < -0.39 is 0 Å². The van der Waals surface area contributed by atoms with Gasteiger partial charge in [-0.05, 0) is 73.5 Å². The monoisotopic (exact) mass is 318 g/mol. The first-order valence-electron chi connectivity index (χ1n) is 9.57. The molecule has 0 radical (unpaired) electrons. The predicted molar refractivity (Wildman–Crippen MR) is 99.0 cm³/mol. The second kappa shape index (κ2) is 6.02. The lowest BCUT2D eigenvalue weighted by atomic mass is 9.87. The van der Waals surface area contributed by atoms with Gasteiger partial charge in [0.05, 0.1) is 6.04 Å². The van der Waals surface area contributed by atoms with E-state index in [-0.39, 0.29) is 0 Å². The van der Waals surface area contributed by atoms with Gasteiger partial charge in [0.25, 0.3) is 0 Å². The van der Waals surface area contributed by atoms with Gasteiger partial charge in [0, 0.05) is 6.04 Å². The molecular weight excluding hydrogens is 292 g/mol. The largest absolute Gasteiger partial charge is 0.314 e. The summed E-state index contributed by atoms with van der Waals surface area (Å²) in [5.74, 6) is 0.885. The third-order valence-corrected chi connectivity index (χ3v) is 6.41. The number of benzene rings is 2. The van der Waals surface area contributed by atoms with Gasteiger partial charge in [-0.25, -0.2) is 0 Å². The number of hydrogen-bond donors (Lipinski definition) is 1. The van der Waals surface area contributed by atoms with E-state index in [4.69, 9.17) is 0 Å². The van der Waals surface area contributed by atoms with Crippen LogP contribution in [0.15, 0.2) is 48.5 Å². The zero-order chi connectivity index (χ0) is 15.9. The van der Waals surface area contributed by atoms with Gasteiger partial charge in [-0.2, -0.15) is 0 Å². The molecule has 1 atom stereocenters. The summed E-state index contributed by atoms with van der Waals surface area (Å²) in [6.07, 6.45) is 5.45. The zero-order valence-corrected chi connectivity index (χ0v) is 14.2. The first kappa shape index (κ1) is 14.7. The van der Waals surface area contributed by atoms with E-state index in [9.17, 15) is 0 Å². The third-order valence-electron chi connectivity index (χ3n) is 6.41. The minimum atomic E-state index is 0.467. The summed E-state index contributed by atoms with van der Waals surface area (Å²) >= 11 is 0. The number of piperidine rings is 1. The summed E-state index contributed by atoms with van der Waals surface area (Å²) in [6, 6.07) is 19.3. The van der Waals surface area contributed by atoms with Crippen LogP contribution >= 0.6 is 0 Å². The Bertz CT molecular complexity index is 679. The molecule has 2 heterocycles. The maximum Gasteiger partial charge on any atom is 0.0614 e. The molecule has 0 amide bonds. The van der Waals surface area contributed by atoms with Gasteiger partial charge in [0.1, 0.15) is 0 Å². The molecule has 2 aromatic carbocycles. The predicted octanol–water partition coefficient (Wildman–Crippen LogP) is 4.22. The summed E-state index contributed by atoms with van der Waals surface area (Å²) in [4.78, 5) is 2.73. The Morgan fingerprint density at radius 2 is 1.42 bits per heavy atom. The van der Waals surface area contributed by atoms with Gasteiger partial charge < -0.3 is 5.32 Å². The van der Waals surface area contributed by atoms with Crippen LogP contribution in [0.1, 0.15) is 42.9 Å². The highest BCUT2D eigenvalue weighted by molar-refractivity contribution is 5.78. The molecule has 2 nitrogen and oxygen atoms in total. The fourth-order valence-corrected chi connectivity index (χ4v) is 5.22. The van der Waals surface area contributed by atoms with Crippen LogP contribution in [0.3, 0.4) is 0 Å². The number of likely N-dealkylation sites (tertiary alicyclic amines) is 1. The first-order chi connectivity index (χ1) is 11.9. The Labute approximate surface area is 144 Å². The standard InChI is InChI=1S/C22H26N2/c1-3-8-19-17(6-1)18-7-2-4-9-20(18)22(19)24-14-11-16(12-15-24)21-10-5-13-23-21/h1-4,6-9,16,21-23H,5,10-15H2. The van der Waals surface area contributed by atoms with Crippen molar-refractivity contribution in [3.8, 4) is 11.1 Å². The highest BCUT2D eigenvalue weighted by atomic mass is 15.2. The Balaban J connectivity index is 1.41. The molecule has 124 valence electrons. The van der Waals surface area contributed by atoms with Gasteiger partial charge in [-0.1, -0.05) is 48.5 Å². The normalized spacial score (nSPS) is 24.9. The molecule has 1 aliphatic carbocycles. The van der Waals surface area contributed by atoms with Crippen molar-refractivity contribution in [3.05, 3.63) is 59.7 Å². The molecule has 0 bridgehead atoms. The maximum absolute atomic E-state index is 3.72. The van der Waals surface area contributed by atoms with Crippen LogP contribution in [0.25, 0.3) is 11.1 Å². The summed E-state index contributed by atoms with van der Waals surface area (Å²) in [7, 11) is 0. The molecule has 1 unspecified atom stereocenters. The highest BCUT2D eigenvalue weighted by Crippen LogP contribution is 2.47. The second-order valence-corrected chi connectivity index (χ2v) is 7.65. The van der Waals surface area contributed by atoms with E-state index in [0.717, 1.165) is 12.0 Å². The molecule has 2 saturated heterocycles. The number of fused-ring (bicyclic) bond motifs is 3. The lowest BCUT2D eigenvalue weighted by Gasteiger charge is -2.38. The SMILES string of the molecule is c1ccc2c(c1)-c1ccccc1C2N1CCC(C2CCCN2)CC1. The Hall–Kier alpha value is -1.64. The van der Waals surface area contributed by atoms with Crippen molar-refractivity contribution >= 4 is 0 Å². The summed E-state index contributed by atoms with van der Waals surface area (Å²) in [5, 5.41) is 3.72. The smallest absolute Gasteiger partial charge is 0.0614 e. The van der Waals surface area contributed by atoms with Crippen LogP contribution < -0.4 is 5.32 Å². The minimum Gasteiger partial charge on any atom is -0.314 e. The van der Waals surface area contributed by atoms with Gasteiger partial charge in [-0.3, -0.25) is 4.90 Å². The van der Waals surface area contributed by atoms with E-state index in [1.54, 1.807) is 0 Å². The summed E-state index contributed by atoms with van der Waals surface area (Å²) in [6.45, 7) is 3.70. The second-order valence-electron chi connectivity index (χ2n) is 7.65. The first-order valence-corrected chi connectivity index (χ1v) is 9.57. The average molecular weight is 318 g/mol. The van der Waals surface area contributed by atoms with E-state index in [0.29, 0.717) is 6.04 Å². The molecule has 0 saturated carbocycles. The number of nitrogens with zero attached hydrogens (tertiary/aromatic N) is 1. The maximum atomic E-state index is 3.72. The van der Waals surface area contributed by atoms with Crippen molar-refractivity contribution in [2.45, 2.75) is 37.8 Å². The fraction of sp³-hybridized carbons (Fsp3) is 0.455. The number of nitrogens with one attached hydrogen (secondary N) is 1. The van der Waals surface area contributed by atoms with Crippen molar-refractivity contribution in [3.63, 3.8) is 0 Å². The summed E-state index contributed by atoms with van der Waals surface area (Å²) < 4.78 is 0. The third kappa shape index (κ3) is 2.32. The zero-order valence-electron chi connectivity index (χ0n) is 14.2. The molecule has 24 heavy (non-hydrogen) atoms. The van der Waals surface area contributed by atoms with E-state index in [1.165, 1.54) is 67.6 Å². The quantitative estimate of drug-likeness (QED) is 0.892.